The van der Waals surface area contributed by atoms with Crippen LogP contribution in [0, 0.1) is 25.5 Å². The molecule has 13 rings (SSSR count). The Bertz CT molecular complexity index is 4190. The van der Waals surface area contributed by atoms with E-state index in [4.69, 9.17) is 41.0 Å². The molecule has 24 heteroatoms. The van der Waals surface area contributed by atoms with Crippen LogP contribution in [0.2, 0.25) is 5.02 Å². The van der Waals surface area contributed by atoms with Crippen LogP contribution in [0.4, 0.5) is 26.0 Å². The molecule has 0 aliphatic rings. The first-order valence-electron chi connectivity index (χ1n) is 25.4. The summed E-state index contributed by atoms with van der Waals surface area (Å²) in [5.41, 5.74) is 11.5. The van der Waals surface area contributed by atoms with Gasteiger partial charge in [-0.15, -0.1) is 15.3 Å². The fraction of sp³-hybridized carbons (Fsp3) is 0.0833. The zero-order chi connectivity index (χ0) is 58.5. The Morgan fingerprint density at radius 1 is 0.464 bits per heavy atom. The van der Waals surface area contributed by atoms with E-state index in [2.05, 4.69) is 60.5 Å². The number of aromatic nitrogens is 14. The van der Waals surface area contributed by atoms with E-state index < -0.39 is 11.6 Å². The van der Waals surface area contributed by atoms with Gasteiger partial charge in [0.25, 0.3) is 0 Å². The molecule has 11 aromatic heterocycles. The number of rotatable bonds is 12. The molecule has 0 saturated carbocycles. The Morgan fingerprint density at radius 2 is 0.905 bits per heavy atom. The highest BCUT2D eigenvalue weighted by atomic mass is 35.5. The number of methoxy groups -OCH3 is 3. The summed E-state index contributed by atoms with van der Waals surface area (Å²) in [5, 5.41) is 17.1. The summed E-state index contributed by atoms with van der Waals surface area (Å²) < 4.78 is 58.7. The van der Waals surface area contributed by atoms with Crippen molar-refractivity contribution in [2.75, 3.05) is 32.4 Å². The van der Waals surface area contributed by atoms with E-state index in [0.717, 1.165) is 34.6 Å². The van der Waals surface area contributed by atoms with E-state index in [0.29, 0.717) is 91.8 Å². The summed E-state index contributed by atoms with van der Waals surface area (Å²) in [7, 11) is 4.69. The van der Waals surface area contributed by atoms with Crippen molar-refractivity contribution in [2.24, 2.45) is 0 Å². The van der Waals surface area contributed by atoms with Crippen LogP contribution < -0.4 is 34.7 Å². The molecular weight excluding hydrogens is 1100 g/mol. The number of nitrogens with one attached hydrogen (secondary N) is 1. The Morgan fingerprint density at radius 3 is 1.38 bits per heavy atom. The number of anilines is 3. The summed E-state index contributed by atoms with van der Waals surface area (Å²) >= 11 is 6.27. The van der Waals surface area contributed by atoms with Crippen molar-refractivity contribution in [3.05, 3.63) is 217 Å². The second kappa shape index (κ2) is 25.9. The molecule has 21 nitrogen and oxygen atoms in total. The van der Waals surface area contributed by atoms with Gasteiger partial charge in [0.05, 0.1) is 50.1 Å². The second-order valence-corrected chi connectivity index (χ2v) is 18.1. The van der Waals surface area contributed by atoms with Crippen molar-refractivity contribution >= 4 is 45.3 Å². The normalized spacial score (nSPS) is 10.7. The molecule has 84 heavy (non-hydrogen) atoms. The molecule has 0 amide bonds. The van der Waals surface area contributed by atoms with Crippen LogP contribution in [0.1, 0.15) is 11.1 Å². The van der Waals surface area contributed by atoms with Crippen LogP contribution in [-0.4, -0.2) is 90.0 Å². The average Bonchev–Trinajstić information content (AvgIpc) is 3.27. The number of ether oxygens (including phenoxy) is 5. The van der Waals surface area contributed by atoms with Gasteiger partial charge in [-0.3, -0.25) is 9.97 Å². The van der Waals surface area contributed by atoms with E-state index in [1.807, 2.05) is 123 Å². The number of benzene rings is 2. The number of nitrogens with zero attached hydrogens (tertiary/aromatic N) is 14. The number of fused-ring (bicyclic) bond motifs is 3. The van der Waals surface area contributed by atoms with Crippen LogP contribution in [0.3, 0.4) is 0 Å². The molecule has 0 radical (unpaired) electrons. The van der Waals surface area contributed by atoms with E-state index in [9.17, 15) is 8.78 Å². The molecule has 3 N–H and O–H groups in total. The van der Waals surface area contributed by atoms with Crippen molar-refractivity contribution in [2.45, 2.75) is 13.8 Å². The standard InChI is InChI=1S/C19H16N4O2.C18H13ClN4O2.C18H15FN6O.C5H5FN2/c1-13-11-12-23-17(13)19(25-14-7-4-3-5-8-14)21-18(22-23)15-9-6-10-16(20-15)24-2;1-24-15-9-5-8-14(20-15)17-21-18(25-12-6-3-2-4-7-12)16-13(19)10-11-23(16)22-17;1-11-7-9-25-16(11)18(22-13-6-8-20-10-12(13)19)23-17(24-25)14-4-3-5-15(21-14)26-2;6-4-3-8-2-1-5(4)7/h3-12H,1-2H3;2-11H,1H3;3-10H,1-2H3,(H,20,22,23,24);1-3H,(H2,7,8). The van der Waals surface area contributed by atoms with Gasteiger partial charge >= 0.3 is 0 Å². The fourth-order valence-corrected chi connectivity index (χ4v) is 8.20. The first kappa shape index (κ1) is 56.1. The highest BCUT2D eigenvalue weighted by molar-refractivity contribution is 6.34. The molecule has 0 spiro atoms. The average molecular weight is 1150 g/mol. The quantitative estimate of drug-likeness (QED) is 0.116. The number of aryl methyl sites for hydroxylation is 2. The molecule has 0 atom stereocenters. The molecule has 420 valence electrons. The number of halogens is 3. The molecule has 0 aliphatic heterocycles. The predicted molar refractivity (Wildman–Crippen MR) is 312 cm³/mol. The maximum atomic E-state index is 14.0. The first-order chi connectivity index (χ1) is 40.9. The summed E-state index contributed by atoms with van der Waals surface area (Å²) in [4.78, 5) is 34.1. The van der Waals surface area contributed by atoms with E-state index >= 15 is 0 Å². The predicted octanol–water partition coefficient (Wildman–Crippen LogP) is 12.3. The van der Waals surface area contributed by atoms with Gasteiger partial charge in [0.1, 0.15) is 45.1 Å². The zero-order valence-corrected chi connectivity index (χ0v) is 46.2. The van der Waals surface area contributed by atoms with Gasteiger partial charge in [0.2, 0.25) is 46.9 Å². The molecule has 13 aromatic rings. The third-order valence-corrected chi connectivity index (χ3v) is 12.4. The maximum Gasteiger partial charge on any atom is 0.249 e. The number of hydrogen-bond acceptors (Lipinski definition) is 18. The van der Waals surface area contributed by atoms with Crippen LogP contribution >= 0.6 is 11.6 Å². The number of nitrogens with two attached hydrogens (primary N) is 1. The highest BCUT2D eigenvalue weighted by Gasteiger charge is 2.19. The SMILES string of the molecule is COc1cccc(-c2nc(Nc3ccncc3F)c3c(C)ccn3n2)n1.COc1cccc(-c2nc(Oc3ccccc3)c3c(C)ccn3n2)n1.COc1cccc(-c2nc(Oc3ccccc3)c3c(Cl)ccn3n2)n1.Nc1ccncc1F. The summed E-state index contributed by atoms with van der Waals surface area (Å²) in [6, 6.07) is 43.8. The number of para-hydroxylation sites is 2. The van der Waals surface area contributed by atoms with Crippen molar-refractivity contribution < 1.29 is 32.5 Å². The van der Waals surface area contributed by atoms with E-state index in [1.54, 1.807) is 83.5 Å². The summed E-state index contributed by atoms with van der Waals surface area (Å²) in [5.74, 6) is 4.49. The highest BCUT2D eigenvalue weighted by Crippen LogP contribution is 2.33. The lowest BCUT2D eigenvalue weighted by Crippen LogP contribution is -2.05. The molecule has 0 bridgehead atoms. The smallest absolute Gasteiger partial charge is 0.249 e. The minimum Gasteiger partial charge on any atom is -0.481 e. The van der Waals surface area contributed by atoms with Crippen molar-refractivity contribution in [3.63, 3.8) is 0 Å². The Labute approximate surface area is 483 Å². The monoisotopic (exact) mass is 1150 g/mol. The molecule has 11 heterocycles. The molecular formula is C60H49ClF2N16O5. The van der Waals surface area contributed by atoms with Gasteiger partial charge < -0.3 is 34.7 Å². The number of hydrogen-bond donors (Lipinski definition) is 2. The summed E-state index contributed by atoms with van der Waals surface area (Å²) in [6.45, 7) is 3.94. The number of pyridine rings is 5. The lowest BCUT2D eigenvalue weighted by Gasteiger charge is -2.11. The van der Waals surface area contributed by atoms with Crippen LogP contribution in [0.25, 0.3) is 51.1 Å². The molecule has 0 saturated heterocycles. The Hall–Kier alpha value is -11.2. The summed E-state index contributed by atoms with van der Waals surface area (Å²) in [6.07, 6.45) is 10.6. The van der Waals surface area contributed by atoms with Crippen LogP contribution in [0.15, 0.2) is 189 Å². The topological polar surface area (TPSA) is 239 Å². The fourth-order valence-electron chi connectivity index (χ4n) is 7.98. The lowest BCUT2D eigenvalue weighted by atomic mass is 10.3. The minimum absolute atomic E-state index is 0.139. The Kier molecular flexibility index (Phi) is 17.3. The largest absolute Gasteiger partial charge is 0.481 e. The third kappa shape index (κ3) is 13.2. The van der Waals surface area contributed by atoms with Gasteiger partial charge in [0.15, 0.2) is 17.5 Å². The zero-order valence-electron chi connectivity index (χ0n) is 45.4. The van der Waals surface area contributed by atoms with Gasteiger partial charge in [-0.25, -0.2) is 42.3 Å². The number of nitrogen functional groups attached to an aromatic ring is 1. The molecule has 2 aromatic carbocycles. The van der Waals surface area contributed by atoms with Gasteiger partial charge in [0, 0.05) is 49.2 Å². The minimum atomic E-state index is -0.465. The van der Waals surface area contributed by atoms with Crippen molar-refractivity contribution in [3.8, 4) is 75.5 Å². The Balaban J connectivity index is 0.000000131. The molecule has 0 aliphatic carbocycles. The van der Waals surface area contributed by atoms with E-state index in [-0.39, 0.29) is 11.4 Å². The lowest BCUT2D eigenvalue weighted by molar-refractivity contribution is 0.398. The maximum absolute atomic E-state index is 14.0. The van der Waals surface area contributed by atoms with Gasteiger partial charge in [-0.2, -0.15) is 9.97 Å². The van der Waals surface area contributed by atoms with E-state index in [1.165, 1.54) is 18.5 Å². The second-order valence-electron chi connectivity index (χ2n) is 17.7. The molecule has 0 fully saturated rings. The van der Waals surface area contributed by atoms with Crippen LogP contribution in [-0.2, 0) is 0 Å². The third-order valence-electron chi connectivity index (χ3n) is 12.1. The van der Waals surface area contributed by atoms with Crippen molar-refractivity contribution in [1.82, 2.24) is 68.7 Å². The van der Waals surface area contributed by atoms with Crippen LogP contribution in [0.5, 0.6) is 40.9 Å². The van der Waals surface area contributed by atoms with Gasteiger partial charge in [-0.1, -0.05) is 66.2 Å². The first-order valence-corrected chi connectivity index (χ1v) is 25.8. The molecule has 0 unspecified atom stereocenters. The van der Waals surface area contributed by atoms with Gasteiger partial charge in [-0.05, 0) is 97.8 Å². The van der Waals surface area contributed by atoms with Crippen molar-refractivity contribution in [1.29, 1.82) is 0 Å².